The number of nitrogens with zero attached hydrogens (tertiary/aromatic N) is 2. The molecule has 40 heavy (non-hydrogen) atoms. The van der Waals surface area contributed by atoms with Crippen molar-refractivity contribution >= 4 is 22.9 Å². The molecule has 4 aliphatic rings. The summed E-state index contributed by atoms with van der Waals surface area (Å²) >= 11 is 0. The number of rotatable bonds is 3. The Balaban J connectivity index is 1.08. The van der Waals surface area contributed by atoms with E-state index in [-0.39, 0.29) is 13.0 Å². The fourth-order valence-electron chi connectivity index (χ4n) is 5.54. The van der Waals surface area contributed by atoms with Gasteiger partial charge in [-0.3, -0.25) is 0 Å². The van der Waals surface area contributed by atoms with Gasteiger partial charge in [-0.1, -0.05) is 48.5 Å². The highest BCUT2D eigenvalue weighted by molar-refractivity contribution is 6.09. The van der Waals surface area contributed by atoms with Crippen molar-refractivity contribution in [1.82, 2.24) is 4.90 Å². The van der Waals surface area contributed by atoms with Crippen LogP contribution in [-0.4, -0.2) is 37.4 Å². The number of fused-ring (bicyclic) bond motifs is 5. The summed E-state index contributed by atoms with van der Waals surface area (Å²) in [5.41, 5.74) is 7.64. The fraction of sp³-hybridized carbons (Fsp3) is 0.156. The number of benzene rings is 4. The topological polar surface area (TPSA) is 76.6 Å². The van der Waals surface area contributed by atoms with E-state index in [1.54, 1.807) is 0 Å². The first-order chi connectivity index (χ1) is 19.8. The lowest BCUT2D eigenvalue weighted by Crippen LogP contribution is -2.39. The van der Waals surface area contributed by atoms with Crippen LogP contribution in [0.15, 0.2) is 96.0 Å². The molecule has 0 fully saturated rings. The van der Waals surface area contributed by atoms with Gasteiger partial charge in [0.1, 0.15) is 31.9 Å². The van der Waals surface area contributed by atoms with E-state index in [9.17, 15) is 0 Å². The van der Waals surface area contributed by atoms with E-state index in [1.165, 1.54) is 0 Å². The van der Waals surface area contributed by atoms with Crippen LogP contribution in [0.3, 0.4) is 0 Å². The predicted octanol–water partition coefficient (Wildman–Crippen LogP) is 6.10. The Morgan fingerprint density at radius 2 is 1.50 bits per heavy atom. The minimum Gasteiger partial charge on any atom is -0.486 e. The number of hydrogen-bond donors (Lipinski definition) is 2. The molecule has 0 saturated carbocycles. The van der Waals surface area contributed by atoms with Gasteiger partial charge in [-0.25, -0.2) is 4.99 Å². The lowest BCUT2D eigenvalue weighted by atomic mass is 9.98. The minimum absolute atomic E-state index is 0.0634. The molecule has 4 heterocycles. The first-order valence-corrected chi connectivity index (χ1v) is 13.3. The zero-order valence-electron chi connectivity index (χ0n) is 21.6. The van der Waals surface area contributed by atoms with E-state index >= 15 is 0 Å². The lowest BCUT2D eigenvalue weighted by Gasteiger charge is -2.42. The molecule has 0 amide bonds. The third-order valence-electron chi connectivity index (χ3n) is 7.53. The number of anilines is 2. The normalized spacial score (nSPS) is 18.1. The average Bonchev–Trinajstić information content (AvgIpc) is 3.49. The quantitative estimate of drug-likeness (QED) is 0.331. The van der Waals surface area contributed by atoms with Crippen molar-refractivity contribution in [2.24, 2.45) is 4.99 Å². The summed E-state index contributed by atoms with van der Waals surface area (Å²) in [7, 11) is 0. The van der Waals surface area contributed by atoms with Crippen molar-refractivity contribution in [2.45, 2.75) is 6.17 Å². The molecule has 0 radical (unpaired) electrons. The van der Waals surface area contributed by atoms with Gasteiger partial charge < -0.3 is 34.5 Å². The van der Waals surface area contributed by atoms with Gasteiger partial charge in [-0.05, 0) is 47.0 Å². The largest absolute Gasteiger partial charge is 0.486 e. The van der Waals surface area contributed by atoms with Crippen LogP contribution in [0.25, 0.3) is 16.8 Å². The Bertz CT molecular complexity index is 1680. The maximum Gasteiger partial charge on any atom is 0.231 e. The SMILES string of the molecule is C1=C2c3ccccc3NC(c3ccc(-c4ccc5c(c4)OCO5)cc3)N2CN=C1Nc1ccc2c(c1)OCCO2. The van der Waals surface area contributed by atoms with Crippen LogP contribution in [0, 0.1) is 0 Å². The second-order valence-corrected chi connectivity index (χ2v) is 9.95. The molecule has 0 spiro atoms. The zero-order chi connectivity index (χ0) is 26.5. The van der Waals surface area contributed by atoms with Crippen LogP contribution in [0.5, 0.6) is 23.0 Å². The molecular weight excluding hydrogens is 504 g/mol. The molecule has 1 atom stereocenters. The van der Waals surface area contributed by atoms with Crippen molar-refractivity contribution in [3.8, 4) is 34.1 Å². The number of aliphatic imine (C=N–C) groups is 1. The highest BCUT2D eigenvalue weighted by Gasteiger charge is 2.32. The Labute approximate surface area is 231 Å². The number of ether oxygens (including phenoxy) is 4. The average molecular weight is 531 g/mol. The number of hydrogen-bond acceptors (Lipinski definition) is 8. The third kappa shape index (κ3) is 3.96. The van der Waals surface area contributed by atoms with Crippen molar-refractivity contribution in [2.75, 3.05) is 37.3 Å². The van der Waals surface area contributed by atoms with Gasteiger partial charge in [0.05, 0.1) is 5.70 Å². The predicted molar refractivity (Wildman–Crippen MR) is 154 cm³/mol. The summed E-state index contributed by atoms with van der Waals surface area (Å²) in [5.74, 6) is 3.90. The van der Waals surface area contributed by atoms with Crippen LogP contribution in [0.1, 0.15) is 17.3 Å². The standard InChI is InChI=1S/C32H26N4O4/c1-2-4-25-24(3-1)26-17-31(34-23-10-12-27-30(16-23)38-14-13-37-27)33-18-36(26)32(35-25)21-7-5-20(6-8-21)22-9-11-28-29(15-22)40-19-39-28/h1-12,15-17,32,35H,13-14,18-19H2,(H,33,34). The molecule has 8 nitrogen and oxygen atoms in total. The maximum atomic E-state index is 5.76. The molecule has 0 aliphatic carbocycles. The van der Waals surface area contributed by atoms with Crippen LogP contribution in [0.2, 0.25) is 0 Å². The molecule has 4 aromatic carbocycles. The van der Waals surface area contributed by atoms with Gasteiger partial charge in [0, 0.05) is 29.1 Å². The lowest BCUT2D eigenvalue weighted by molar-refractivity contribution is 0.171. The van der Waals surface area contributed by atoms with E-state index in [2.05, 4.69) is 76.2 Å². The Morgan fingerprint density at radius 3 is 2.42 bits per heavy atom. The second kappa shape index (κ2) is 9.27. The molecule has 0 aromatic heterocycles. The monoisotopic (exact) mass is 530 g/mol. The zero-order valence-corrected chi connectivity index (χ0v) is 21.6. The van der Waals surface area contributed by atoms with Crippen molar-refractivity contribution in [3.05, 3.63) is 102 Å². The van der Waals surface area contributed by atoms with Crippen LogP contribution in [-0.2, 0) is 0 Å². The van der Waals surface area contributed by atoms with Crippen molar-refractivity contribution in [1.29, 1.82) is 0 Å². The highest BCUT2D eigenvalue weighted by atomic mass is 16.7. The Morgan fingerprint density at radius 1 is 0.750 bits per heavy atom. The van der Waals surface area contributed by atoms with E-state index in [0.717, 1.165) is 68.2 Å². The van der Waals surface area contributed by atoms with Gasteiger partial charge >= 0.3 is 0 Å². The molecule has 8 rings (SSSR count). The summed E-state index contributed by atoms with van der Waals surface area (Å²) in [4.78, 5) is 7.18. The molecule has 4 aromatic rings. The second-order valence-electron chi connectivity index (χ2n) is 9.95. The molecule has 4 aliphatic heterocycles. The number of para-hydroxylation sites is 1. The first-order valence-electron chi connectivity index (χ1n) is 13.3. The van der Waals surface area contributed by atoms with E-state index in [0.29, 0.717) is 19.9 Å². The van der Waals surface area contributed by atoms with Crippen LogP contribution in [0.4, 0.5) is 11.4 Å². The molecule has 1 unspecified atom stereocenters. The Hall–Kier alpha value is -5.11. The molecule has 0 saturated heterocycles. The molecule has 0 bridgehead atoms. The van der Waals surface area contributed by atoms with Crippen molar-refractivity contribution < 1.29 is 18.9 Å². The van der Waals surface area contributed by atoms with Crippen molar-refractivity contribution in [3.63, 3.8) is 0 Å². The molecule has 2 N–H and O–H groups in total. The molecule has 198 valence electrons. The minimum atomic E-state index is -0.0634. The van der Waals surface area contributed by atoms with E-state index in [4.69, 9.17) is 23.9 Å². The number of nitrogens with one attached hydrogen (secondary N) is 2. The van der Waals surface area contributed by atoms with E-state index in [1.807, 2.05) is 30.3 Å². The van der Waals surface area contributed by atoms with Gasteiger partial charge in [0.15, 0.2) is 23.0 Å². The molecular formula is C32H26N4O4. The summed E-state index contributed by atoms with van der Waals surface area (Å²) < 4.78 is 22.4. The third-order valence-corrected chi connectivity index (χ3v) is 7.53. The first kappa shape index (κ1) is 22.8. The smallest absolute Gasteiger partial charge is 0.231 e. The summed E-state index contributed by atoms with van der Waals surface area (Å²) in [5, 5.41) is 7.20. The molecule has 8 heteroatoms. The Kier molecular flexibility index (Phi) is 5.29. The summed E-state index contributed by atoms with van der Waals surface area (Å²) in [6.45, 7) is 1.91. The maximum absolute atomic E-state index is 5.76. The number of amidine groups is 1. The van der Waals surface area contributed by atoms with Crippen LogP contribution >= 0.6 is 0 Å². The fourth-order valence-corrected chi connectivity index (χ4v) is 5.54. The van der Waals surface area contributed by atoms with Crippen LogP contribution < -0.4 is 29.6 Å². The van der Waals surface area contributed by atoms with E-state index < -0.39 is 0 Å². The van der Waals surface area contributed by atoms with Gasteiger partial charge in [-0.15, -0.1) is 0 Å². The van der Waals surface area contributed by atoms with Gasteiger partial charge in [0.25, 0.3) is 0 Å². The van der Waals surface area contributed by atoms with Gasteiger partial charge in [0.2, 0.25) is 6.79 Å². The summed E-state index contributed by atoms with van der Waals surface area (Å²) in [6.07, 6.45) is 2.06. The highest BCUT2D eigenvalue weighted by Crippen LogP contribution is 2.42. The summed E-state index contributed by atoms with van der Waals surface area (Å²) in [6, 6.07) is 29.0. The van der Waals surface area contributed by atoms with Gasteiger partial charge in [-0.2, -0.15) is 0 Å².